The van der Waals surface area contributed by atoms with Gasteiger partial charge in [0, 0.05) is 13.2 Å². The average molecular weight is 277 g/mol. The fourth-order valence-corrected chi connectivity index (χ4v) is 2.51. The fraction of sp³-hybridized carbons (Fsp3) is 0.562. The summed E-state index contributed by atoms with van der Waals surface area (Å²) in [6, 6.07) is 7.43. The highest BCUT2D eigenvalue weighted by molar-refractivity contribution is 6.00. The maximum Gasteiger partial charge on any atom is 0.180 e. The highest BCUT2D eigenvalue weighted by Gasteiger charge is 2.20. The smallest absolute Gasteiger partial charge is 0.180 e. The van der Waals surface area contributed by atoms with Crippen LogP contribution in [0.3, 0.4) is 0 Å². The van der Waals surface area contributed by atoms with Gasteiger partial charge in [0.25, 0.3) is 0 Å². The summed E-state index contributed by atoms with van der Waals surface area (Å²) in [5.74, 6) is 0.764. The topological polar surface area (TPSA) is 38.8 Å². The summed E-state index contributed by atoms with van der Waals surface area (Å²) < 4.78 is 11.1. The summed E-state index contributed by atoms with van der Waals surface area (Å²) in [6.45, 7) is 4.53. The number of carbonyl (C=O) groups excluding carboxylic acids is 1. The van der Waals surface area contributed by atoms with Gasteiger partial charge in [-0.2, -0.15) is 0 Å². The van der Waals surface area contributed by atoms with Crippen molar-refractivity contribution in [2.24, 2.45) is 0 Å². The van der Waals surface area contributed by atoms with Crippen LogP contribution in [0.4, 0.5) is 0 Å². The van der Waals surface area contributed by atoms with Gasteiger partial charge in [-0.25, -0.2) is 0 Å². The van der Waals surface area contributed by atoms with Crippen molar-refractivity contribution in [1.29, 1.82) is 0 Å². The van der Waals surface area contributed by atoms with Gasteiger partial charge < -0.3 is 9.47 Å². The van der Waals surface area contributed by atoms with E-state index in [2.05, 4.69) is 0 Å². The van der Waals surface area contributed by atoms with E-state index in [0.717, 1.165) is 26.0 Å². The number of hydrogen-bond acceptors (Lipinski definition) is 4. The highest BCUT2D eigenvalue weighted by atomic mass is 16.5. The number of likely N-dealkylation sites (N-methyl/N-ethyl adjacent to an activating group) is 1. The van der Waals surface area contributed by atoms with Gasteiger partial charge in [-0.05, 0) is 38.9 Å². The second kappa shape index (κ2) is 7.41. The Labute approximate surface area is 120 Å². The number of carbonyl (C=O) groups is 1. The van der Waals surface area contributed by atoms with Crippen LogP contribution in [0.15, 0.2) is 24.3 Å². The van der Waals surface area contributed by atoms with Crippen LogP contribution in [0.25, 0.3) is 0 Å². The fourth-order valence-electron chi connectivity index (χ4n) is 2.51. The van der Waals surface area contributed by atoms with Gasteiger partial charge in [-0.3, -0.25) is 9.69 Å². The molecule has 1 aromatic carbocycles. The van der Waals surface area contributed by atoms with Crippen LogP contribution >= 0.6 is 0 Å². The lowest BCUT2D eigenvalue weighted by Gasteiger charge is -2.20. The van der Waals surface area contributed by atoms with E-state index < -0.39 is 0 Å². The maximum atomic E-state index is 12.4. The highest BCUT2D eigenvalue weighted by Crippen LogP contribution is 2.19. The predicted molar refractivity (Wildman–Crippen MR) is 78.4 cm³/mol. The van der Waals surface area contributed by atoms with Crippen molar-refractivity contribution < 1.29 is 14.3 Å². The molecule has 1 fully saturated rings. The number of benzene rings is 1. The number of hydrogen-bond donors (Lipinski definition) is 0. The number of para-hydroxylation sites is 1. The zero-order valence-corrected chi connectivity index (χ0v) is 12.3. The molecule has 0 radical (unpaired) electrons. The van der Waals surface area contributed by atoms with E-state index in [1.54, 1.807) is 0 Å². The normalized spacial score (nSPS) is 18.4. The quantitative estimate of drug-likeness (QED) is 0.717. The number of ether oxygens (including phenoxy) is 2. The number of ketones is 1. The Bertz CT molecular complexity index is 441. The van der Waals surface area contributed by atoms with Crippen LogP contribution in [0.5, 0.6) is 5.75 Å². The van der Waals surface area contributed by atoms with Crippen molar-refractivity contribution >= 4 is 5.78 Å². The van der Waals surface area contributed by atoms with Gasteiger partial charge in [0.2, 0.25) is 0 Å². The minimum Gasteiger partial charge on any atom is -0.493 e. The summed E-state index contributed by atoms with van der Waals surface area (Å²) >= 11 is 0. The lowest BCUT2D eigenvalue weighted by Crippen LogP contribution is -2.33. The summed E-state index contributed by atoms with van der Waals surface area (Å²) in [5, 5.41) is 0. The first kappa shape index (κ1) is 15.0. The molecule has 0 N–H and O–H groups in total. The second-order valence-corrected chi connectivity index (χ2v) is 5.18. The monoisotopic (exact) mass is 277 g/mol. The van der Waals surface area contributed by atoms with Gasteiger partial charge in [0.1, 0.15) is 5.75 Å². The summed E-state index contributed by atoms with van der Waals surface area (Å²) in [6.07, 6.45) is 2.49. The largest absolute Gasteiger partial charge is 0.493 e. The van der Waals surface area contributed by atoms with Crippen molar-refractivity contribution in [3.8, 4) is 5.75 Å². The third kappa shape index (κ3) is 4.05. The predicted octanol–water partition coefficient (Wildman–Crippen LogP) is 2.38. The van der Waals surface area contributed by atoms with E-state index in [4.69, 9.17) is 9.47 Å². The first-order valence-electron chi connectivity index (χ1n) is 7.26. The number of Topliss-reactive ketones (excluding diaryl/α,β-unsaturated/α-hetero) is 1. The molecule has 1 aliphatic heterocycles. The minimum atomic E-state index is 0.0922. The maximum absolute atomic E-state index is 12.4. The van der Waals surface area contributed by atoms with Crippen LogP contribution in [-0.4, -0.2) is 50.1 Å². The lowest BCUT2D eigenvalue weighted by molar-refractivity contribution is 0.0739. The van der Waals surface area contributed by atoms with Crippen molar-refractivity contribution in [2.75, 3.05) is 33.4 Å². The molecule has 20 heavy (non-hydrogen) atoms. The zero-order chi connectivity index (χ0) is 14.4. The average Bonchev–Trinajstić information content (AvgIpc) is 2.92. The first-order valence-corrected chi connectivity index (χ1v) is 7.26. The SMILES string of the molecule is CCOc1ccccc1C(=O)CN(C)CC1CCCO1. The molecule has 1 saturated heterocycles. The third-order valence-corrected chi connectivity index (χ3v) is 3.44. The van der Waals surface area contributed by atoms with Crippen LogP contribution in [-0.2, 0) is 4.74 Å². The molecule has 0 amide bonds. The summed E-state index contributed by atoms with van der Waals surface area (Å²) in [7, 11) is 1.96. The molecular weight excluding hydrogens is 254 g/mol. The molecule has 1 unspecified atom stereocenters. The number of nitrogens with zero attached hydrogens (tertiary/aromatic N) is 1. The Morgan fingerprint density at radius 2 is 2.25 bits per heavy atom. The molecule has 0 saturated carbocycles. The van der Waals surface area contributed by atoms with E-state index in [1.807, 2.05) is 43.1 Å². The van der Waals surface area contributed by atoms with E-state index >= 15 is 0 Å². The van der Waals surface area contributed by atoms with E-state index in [9.17, 15) is 4.79 Å². The molecule has 0 aliphatic carbocycles. The Morgan fingerprint density at radius 1 is 1.45 bits per heavy atom. The summed E-state index contributed by atoms with van der Waals surface area (Å²) in [5.41, 5.74) is 0.661. The lowest BCUT2D eigenvalue weighted by atomic mass is 10.1. The standard InChI is InChI=1S/C16H23NO3/c1-3-19-16-9-5-4-8-14(16)15(18)12-17(2)11-13-7-6-10-20-13/h4-5,8-9,13H,3,6-7,10-12H2,1-2H3. The molecule has 4 nitrogen and oxygen atoms in total. The molecule has 0 aromatic heterocycles. The van der Waals surface area contributed by atoms with Crippen LogP contribution in [0.2, 0.25) is 0 Å². The van der Waals surface area contributed by atoms with Gasteiger partial charge in [0.05, 0.1) is 24.8 Å². The molecule has 1 atom stereocenters. The molecule has 0 bridgehead atoms. The van der Waals surface area contributed by atoms with Crippen molar-refractivity contribution in [3.05, 3.63) is 29.8 Å². The minimum absolute atomic E-state index is 0.0922. The van der Waals surface area contributed by atoms with E-state index in [1.165, 1.54) is 0 Å². The second-order valence-electron chi connectivity index (χ2n) is 5.18. The zero-order valence-electron chi connectivity index (χ0n) is 12.3. The Balaban J connectivity index is 1.93. The number of rotatable bonds is 7. The molecule has 1 heterocycles. The van der Waals surface area contributed by atoms with Crippen LogP contribution in [0.1, 0.15) is 30.1 Å². The van der Waals surface area contributed by atoms with Gasteiger partial charge in [-0.15, -0.1) is 0 Å². The van der Waals surface area contributed by atoms with Gasteiger partial charge in [0.15, 0.2) is 5.78 Å². The van der Waals surface area contributed by atoms with Gasteiger partial charge in [-0.1, -0.05) is 12.1 Å². The molecular formula is C16H23NO3. The van der Waals surface area contributed by atoms with E-state index in [0.29, 0.717) is 24.5 Å². The summed E-state index contributed by atoms with van der Waals surface area (Å²) in [4.78, 5) is 14.4. The van der Waals surface area contributed by atoms with Crippen molar-refractivity contribution in [2.45, 2.75) is 25.9 Å². The van der Waals surface area contributed by atoms with Crippen molar-refractivity contribution in [3.63, 3.8) is 0 Å². The molecule has 110 valence electrons. The van der Waals surface area contributed by atoms with Crippen LogP contribution < -0.4 is 4.74 Å². The molecule has 4 heteroatoms. The molecule has 1 aromatic rings. The van der Waals surface area contributed by atoms with Crippen LogP contribution in [0, 0.1) is 0 Å². The Hall–Kier alpha value is -1.39. The van der Waals surface area contributed by atoms with Crippen molar-refractivity contribution in [1.82, 2.24) is 4.90 Å². The Kier molecular flexibility index (Phi) is 5.56. The molecule has 2 rings (SSSR count). The Morgan fingerprint density at radius 3 is 2.95 bits per heavy atom. The van der Waals surface area contributed by atoms with E-state index in [-0.39, 0.29) is 11.9 Å². The third-order valence-electron chi connectivity index (χ3n) is 3.44. The van der Waals surface area contributed by atoms with Gasteiger partial charge >= 0.3 is 0 Å². The first-order chi connectivity index (χ1) is 9.70. The molecule has 0 spiro atoms. The molecule has 1 aliphatic rings.